The molecule has 2 amide bonds. The Hall–Kier alpha value is -2.21. The van der Waals surface area contributed by atoms with Crippen LogP contribution in [0.15, 0.2) is 47.4 Å². The van der Waals surface area contributed by atoms with Gasteiger partial charge in [-0.05, 0) is 31.2 Å². The van der Waals surface area contributed by atoms with Crippen LogP contribution in [-0.2, 0) is 9.59 Å². The summed E-state index contributed by atoms with van der Waals surface area (Å²) in [5.41, 5.74) is 1.16. The molecule has 1 fully saturated rings. The molecule has 0 spiro atoms. The number of rotatable bonds is 3. The van der Waals surface area contributed by atoms with E-state index < -0.39 is 28.7 Å². The van der Waals surface area contributed by atoms with Crippen LogP contribution in [-0.4, -0.2) is 17.1 Å². The number of thioether (sulfide) groups is 1. The number of amides is 2. The summed E-state index contributed by atoms with van der Waals surface area (Å²) in [4.78, 5) is 26.4. The minimum absolute atomic E-state index is 0.0381. The molecule has 0 bridgehead atoms. The van der Waals surface area contributed by atoms with Gasteiger partial charge in [-0.25, -0.2) is 13.7 Å². The average Bonchev–Trinajstić information content (AvgIpc) is 2.79. The lowest BCUT2D eigenvalue weighted by Crippen LogP contribution is -2.31. The van der Waals surface area contributed by atoms with Crippen molar-refractivity contribution in [3.05, 3.63) is 59.7 Å². The van der Waals surface area contributed by atoms with Gasteiger partial charge in [-0.1, -0.05) is 17.7 Å². The van der Waals surface area contributed by atoms with E-state index in [2.05, 4.69) is 0 Å². The average molecular weight is 333 g/mol. The molecule has 1 saturated heterocycles. The highest BCUT2D eigenvalue weighted by molar-refractivity contribution is 8.00. The summed E-state index contributed by atoms with van der Waals surface area (Å²) in [6.45, 7) is 1.96. The van der Waals surface area contributed by atoms with Crippen LogP contribution in [0.1, 0.15) is 12.0 Å². The number of imide groups is 1. The van der Waals surface area contributed by atoms with Gasteiger partial charge >= 0.3 is 0 Å². The third kappa shape index (κ3) is 3.12. The maximum absolute atomic E-state index is 13.3. The number of aryl methyl sites for hydroxylation is 1. The van der Waals surface area contributed by atoms with Crippen LogP contribution in [0.3, 0.4) is 0 Å². The molecule has 0 unspecified atom stereocenters. The predicted molar refractivity (Wildman–Crippen MR) is 84.3 cm³/mol. The molecule has 1 heterocycles. The van der Waals surface area contributed by atoms with E-state index >= 15 is 0 Å². The van der Waals surface area contributed by atoms with Crippen molar-refractivity contribution in [2.24, 2.45) is 0 Å². The molecule has 2 aromatic rings. The van der Waals surface area contributed by atoms with E-state index in [1.165, 1.54) is 17.8 Å². The Morgan fingerprint density at radius 1 is 1.04 bits per heavy atom. The largest absolute Gasteiger partial charge is 0.274 e. The van der Waals surface area contributed by atoms with Crippen molar-refractivity contribution in [3.8, 4) is 0 Å². The van der Waals surface area contributed by atoms with Gasteiger partial charge in [0.2, 0.25) is 11.8 Å². The molecule has 3 rings (SSSR count). The Kier molecular flexibility index (Phi) is 4.17. The molecule has 0 radical (unpaired) electrons. The molecule has 0 saturated carbocycles. The topological polar surface area (TPSA) is 37.4 Å². The summed E-state index contributed by atoms with van der Waals surface area (Å²) in [5.74, 6) is -2.92. The number of carbonyl (C=O) groups excluding carboxylic acids is 2. The standard InChI is InChI=1S/C17H13F2NO2S/c1-10-2-5-12(6-3-10)23-15-9-16(21)20(17(15)22)11-4-7-13(18)14(19)8-11/h2-8,15H,9H2,1H3/t15-/m1/s1. The predicted octanol–water partition coefficient (Wildman–Crippen LogP) is 3.70. The van der Waals surface area contributed by atoms with Crippen LogP contribution in [0.25, 0.3) is 0 Å². The summed E-state index contributed by atoms with van der Waals surface area (Å²) in [7, 11) is 0. The number of nitrogens with zero attached hydrogens (tertiary/aromatic N) is 1. The normalized spacial score (nSPS) is 17.9. The number of hydrogen-bond acceptors (Lipinski definition) is 3. The lowest BCUT2D eigenvalue weighted by atomic mass is 10.2. The summed E-state index contributed by atoms with van der Waals surface area (Å²) < 4.78 is 26.3. The van der Waals surface area contributed by atoms with E-state index in [0.29, 0.717) is 0 Å². The van der Waals surface area contributed by atoms with Crippen LogP contribution in [0, 0.1) is 18.6 Å². The molecule has 2 aromatic carbocycles. The second-order valence-electron chi connectivity index (χ2n) is 5.29. The number of benzene rings is 2. The van der Waals surface area contributed by atoms with Gasteiger partial charge in [-0.3, -0.25) is 9.59 Å². The van der Waals surface area contributed by atoms with Crippen molar-refractivity contribution in [2.75, 3.05) is 4.90 Å². The molecule has 118 valence electrons. The van der Waals surface area contributed by atoms with Gasteiger partial charge in [-0.2, -0.15) is 0 Å². The Morgan fingerprint density at radius 3 is 2.39 bits per heavy atom. The van der Waals surface area contributed by atoms with E-state index in [1.807, 2.05) is 31.2 Å². The van der Waals surface area contributed by atoms with Crippen molar-refractivity contribution in [1.82, 2.24) is 0 Å². The zero-order valence-electron chi connectivity index (χ0n) is 12.3. The first-order valence-corrected chi connectivity index (χ1v) is 7.89. The van der Waals surface area contributed by atoms with Crippen molar-refractivity contribution >= 4 is 29.3 Å². The second-order valence-corrected chi connectivity index (χ2v) is 6.57. The maximum Gasteiger partial charge on any atom is 0.247 e. The Bertz CT molecular complexity index is 777. The van der Waals surface area contributed by atoms with E-state index in [-0.39, 0.29) is 12.1 Å². The van der Waals surface area contributed by atoms with Gasteiger partial charge in [0.05, 0.1) is 10.9 Å². The van der Waals surface area contributed by atoms with Crippen molar-refractivity contribution < 1.29 is 18.4 Å². The molecule has 23 heavy (non-hydrogen) atoms. The molecule has 6 heteroatoms. The molecular formula is C17H13F2NO2S. The van der Waals surface area contributed by atoms with Gasteiger partial charge in [0, 0.05) is 17.4 Å². The fourth-order valence-corrected chi connectivity index (χ4v) is 3.43. The summed E-state index contributed by atoms with van der Waals surface area (Å²) in [5, 5.41) is -0.557. The highest BCUT2D eigenvalue weighted by Gasteiger charge is 2.40. The third-order valence-corrected chi connectivity index (χ3v) is 4.76. The highest BCUT2D eigenvalue weighted by Crippen LogP contribution is 2.34. The van der Waals surface area contributed by atoms with Gasteiger partial charge in [-0.15, -0.1) is 11.8 Å². The fraction of sp³-hybridized carbons (Fsp3) is 0.176. The maximum atomic E-state index is 13.3. The Labute approximate surface area is 136 Å². The first kappa shape index (κ1) is 15.7. The van der Waals surface area contributed by atoms with Crippen molar-refractivity contribution in [2.45, 2.75) is 23.5 Å². The summed E-state index contributed by atoms with van der Waals surface area (Å²) >= 11 is 1.30. The lowest BCUT2D eigenvalue weighted by molar-refractivity contribution is -0.121. The Morgan fingerprint density at radius 2 is 1.74 bits per heavy atom. The van der Waals surface area contributed by atoms with Gasteiger partial charge < -0.3 is 0 Å². The van der Waals surface area contributed by atoms with Crippen LogP contribution in [0.4, 0.5) is 14.5 Å². The number of halogens is 2. The number of anilines is 1. The van der Waals surface area contributed by atoms with Gasteiger partial charge in [0.25, 0.3) is 0 Å². The fourth-order valence-electron chi connectivity index (χ4n) is 2.37. The van der Waals surface area contributed by atoms with Crippen LogP contribution >= 0.6 is 11.8 Å². The van der Waals surface area contributed by atoms with Crippen LogP contribution < -0.4 is 4.90 Å². The third-order valence-electron chi connectivity index (χ3n) is 3.57. The number of hydrogen-bond donors (Lipinski definition) is 0. The second kappa shape index (κ2) is 6.12. The van der Waals surface area contributed by atoms with Crippen LogP contribution in [0.2, 0.25) is 0 Å². The number of carbonyl (C=O) groups is 2. The van der Waals surface area contributed by atoms with Crippen LogP contribution in [0.5, 0.6) is 0 Å². The van der Waals surface area contributed by atoms with Gasteiger partial charge in [0.1, 0.15) is 0 Å². The first-order valence-electron chi connectivity index (χ1n) is 7.01. The molecule has 0 aromatic heterocycles. The lowest BCUT2D eigenvalue weighted by Gasteiger charge is -2.15. The zero-order valence-corrected chi connectivity index (χ0v) is 13.1. The molecular weight excluding hydrogens is 320 g/mol. The molecule has 0 N–H and O–H groups in total. The van der Waals surface area contributed by atoms with Crippen molar-refractivity contribution in [3.63, 3.8) is 0 Å². The summed E-state index contributed by atoms with van der Waals surface area (Å²) in [6.07, 6.45) is 0.0381. The van der Waals surface area contributed by atoms with E-state index in [9.17, 15) is 18.4 Å². The summed E-state index contributed by atoms with van der Waals surface area (Å²) in [6, 6.07) is 10.6. The smallest absolute Gasteiger partial charge is 0.247 e. The monoisotopic (exact) mass is 333 g/mol. The van der Waals surface area contributed by atoms with E-state index in [1.54, 1.807) is 0 Å². The molecule has 0 aliphatic carbocycles. The molecule has 1 atom stereocenters. The molecule has 1 aliphatic rings. The zero-order chi connectivity index (χ0) is 16.6. The SMILES string of the molecule is Cc1ccc(S[C@@H]2CC(=O)N(c3ccc(F)c(F)c3)C2=O)cc1. The van der Waals surface area contributed by atoms with Crippen molar-refractivity contribution in [1.29, 1.82) is 0 Å². The quantitative estimate of drug-likeness (QED) is 0.804. The van der Waals surface area contributed by atoms with E-state index in [0.717, 1.165) is 27.5 Å². The molecule has 1 aliphatic heterocycles. The molecule has 3 nitrogen and oxygen atoms in total. The van der Waals surface area contributed by atoms with E-state index in [4.69, 9.17) is 0 Å². The highest BCUT2D eigenvalue weighted by atomic mass is 32.2. The minimum atomic E-state index is -1.09. The Balaban J connectivity index is 1.82. The minimum Gasteiger partial charge on any atom is -0.274 e. The first-order chi connectivity index (χ1) is 11.0. The van der Waals surface area contributed by atoms with Gasteiger partial charge in [0.15, 0.2) is 11.6 Å².